The molecule has 0 radical (unpaired) electrons. The molecule has 1 aromatic rings. The van der Waals surface area contributed by atoms with Crippen LogP contribution in [0.2, 0.25) is 5.22 Å². The zero-order valence-corrected chi connectivity index (χ0v) is 11.9. The average Bonchev–Trinajstić information content (AvgIpc) is 3.01. The van der Waals surface area contributed by atoms with Gasteiger partial charge in [0, 0.05) is 19.6 Å². The molecule has 1 spiro atoms. The Balaban J connectivity index is 1.76. The minimum Gasteiger partial charge on any atom is -0.448 e. The Labute approximate surface area is 118 Å². The average molecular weight is 286 g/mol. The van der Waals surface area contributed by atoms with Crippen molar-refractivity contribution >= 4 is 11.6 Å². The van der Waals surface area contributed by atoms with Gasteiger partial charge in [0.15, 0.2) is 5.22 Å². The first kappa shape index (κ1) is 13.4. The van der Waals surface area contributed by atoms with Crippen LogP contribution in [0.15, 0.2) is 16.5 Å². The van der Waals surface area contributed by atoms with Gasteiger partial charge in [0.2, 0.25) is 0 Å². The van der Waals surface area contributed by atoms with Gasteiger partial charge in [-0.25, -0.2) is 0 Å². The van der Waals surface area contributed by atoms with E-state index in [9.17, 15) is 0 Å². The van der Waals surface area contributed by atoms with E-state index in [4.69, 9.17) is 25.5 Å². The smallest absolute Gasteiger partial charge is 0.193 e. The molecule has 0 amide bonds. The lowest BCUT2D eigenvalue weighted by Gasteiger charge is -2.39. The second-order valence-corrected chi connectivity index (χ2v) is 5.87. The fourth-order valence-corrected chi connectivity index (χ4v) is 3.47. The van der Waals surface area contributed by atoms with Crippen LogP contribution in [0.25, 0.3) is 0 Å². The fourth-order valence-electron chi connectivity index (χ4n) is 3.32. The van der Waals surface area contributed by atoms with Gasteiger partial charge in [-0.1, -0.05) is 0 Å². The van der Waals surface area contributed by atoms with Gasteiger partial charge >= 0.3 is 0 Å². The second-order valence-electron chi connectivity index (χ2n) is 5.50. The van der Waals surface area contributed by atoms with E-state index >= 15 is 0 Å². The molecule has 1 aromatic heterocycles. The first-order chi connectivity index (χ1) is 9.22. The zero-order chi connectivity index (χ0) is 13.3. The molecular weight excluding hydrogens is 266 g/mol. The van der Waals surface area contributed by atoms with Crippen molar-refractivity contribution in [2.75, 3.05) is 26.9 Å². The quantitative estimate of drug-likeness (QED) is 0.927. The van der Waals surface area contributed by atoms with Gasteiger partial charge in [-0.15, -0.1) is 0 Å². The summed E-state index contributed by atoms with van der Waals surface area (Å²) in [5.41, 5.74) is -0.0750. The topological polar surface area (TPSA) is 43.6 Å². The van der Waals surface area contributed by atoms with E-state index < -0.39 is 0 Å². The van der Waals surface area contributed by atoms with Crippen molar-refractivity contribution in [1.29, 1.82) is 0 Å². The molecular formula is C14H20ClNO3. The summed E-state index contributed by atoms with van der Waals surface area (Å²) in [6.07, 6.45) is 3.04. The molecule has 3 rings (SSSR count). The third-order valence-corrected chi connectivity index (χ3v) is 4.48. The molecule has 2 aliphatic rings. The summed E-state index contributed by atoms with van der Waals surface area (Å²) < 4.78 is 17.1. The first-order valence-electron chi connectivity index (χ1n) is 6.87. The minimum atomic E-state index is -0.0750. The molecule has 1 N–H and O–H groups in total. The van der Waals surface area contributed by atoms with Crippen molar-refractivity contribution in [2.45, 2.75) is 30.9 Å². The summed E-state index contributed by atoms with van der Waals surface area (Å²) in [7, 11) is 1.97. The van der Waals surface area contributed by atoms with Gasteiger partial charge in [-0.3, -0.25) is 0 Å². The van der Waals surface area contributed by atoms with Crippen molar-refractivity contribution in [2.24, 2.45) is 5.92 Å². The van der Waals surface area contributed by atoms with Crippen molar-refractivity contribution in [3.63, 3.8) is 0 Å². The number of halogens is 1. The van der Waals surface area contributed by atoms with E-state index in [0.717, 1.165) is 44.8 Å². The Morgan fingerprint density at radius 2 is 2.32 bits per heavy atom. The van der Waals surface area contributed by atoms with Gasteiger partial charge in [0.05, 0.1) is 18.2 Å². The highest BCUT2D eigenvalue weighted by molar-refractivity contribution is 6.28. The minimum absolute atomic E-state index is 0.0750. The van der Waals surface area contributed by atoms with Gasteiger partial charge in [0.25, 0.3) is 0 Å². The van der Waals surface area contributed by atoms with E-state index in [2.05, 4.69) is 5.32 Å². The maximum Gasteiger partial charge on any atom is 0.193 e. The van der Waals surface area contributed by atoms with E-state index in [0.29, 0.717) is 11.1 Å². The summed E-state index contributed by atoms with van der Waals surface area (Å²) in [5, 5.41) is 3.80. The lowest BCUT2D eigenvalue weighted by molar-refractivity contribution is -0.104. The summed E-state index contributed by atoms with van der Waals surface area (Å²) in [5.74, 6) is 1.40. The monoisotopic (exact) mass is 285 g/mol. The van der Waals surface area contributed by atoms with Crippen LogP contribution in [-0.4, -0.2) is 32.5 Å². The maximum absolute atomic E-state index is 5.98. The number of hydrogen-bond donors (Lipinski definition) is 1. The second kappa shape index (κ2) is 5.44. The summed E-state index contributed by atoms with van der Waals surface area (Å²) in [4.78, 5) is 0. The number of furan rings is 1. The Hall–Kier alpha value is -0.550. The molecule has 2 saturated heterocycles. The highest BCUT2D eigenvalue weighted by Gasteiger charge is 2.43. The van der Waals surface area contributed by atoms with Crippen molar-refractivity contribution in [3.05, 3.63) is 23.1 Å². The number of nitrogens with one attached hydrogen (secondary N) is 1. The Morgan fingerprint density at radius 1 is 1.42 bits per heavy atom. The van der Waals surface area contributed by atoms with E-state index in [1.165, 1.54) is 0 Å². The molecule has 3 heterocycles. The molecule has 3 atom stereocenters. The number of ether oxygens (including phenoxy) is 2. The summed E-state index contributed by atoms with van der Waals surface area (Å²) in [6, 6.07) is 3.94. The predicted octanol–water partition coefficient (Wildman–Crippen LogP) is 2.78. The third-order valence-electron chi connectivity index (χ3n) is 4.28. The van der Waals surface area contributed by atoms with Crippen LogP contribution in [0.5, 0.6) is 0 Å². The Kier molecular flexibility index (Phi) is 3.85. The molecule has 106 valence electrons. The molecule has 4 nitrogen and oxygen atoms in total. The normalized spacial score (nSPS) is 32.8. The third kappa shape index (κ3) is 2.68. The lowest BCUT2D eigenvalue weighted by Crippen LogP contribution is -2.43. The van der Waals surface area contributed by atoms with E-state index in [1.54, 1.807) is 6.07 Å². The standard InChI is InChI=1S/C14H20ClNO3/c1-16-13(11-2-3-12(15)19-11)10-4-6-18-14(8-10)5-7-17-9-14/h2-3,10,13,16H,4-9H2,1H3. The molecule has 0 aliphatic carbocycles. The molecule has 3 unspecified atom stereocenters. The Bertz CT molecular complexity index is 428. The highest BCUT2D eigenvalue weighted by atomic mass is 35.5. The van der Waals surface area contributed by atoms with Crippen LogP contribution < -0.4 is 5.32 Å². The summed E-state index contributed by atoms with van der Waals surface area (Å²) >= 11 is 5.88. The molecule has 2 aliphatic heterocycles. The first-order valence-corrected chi connectivity index (χ1v) is 7.24. The molecule has 0 aromatic carbocycles. The molecule has 0 saturated carbocycles. The van der Waals surface area contributed by atoms with Gasteiger partial charge in [-0.2, -0.15) is 0 Å². The van der Waals surface area contributed by atoms with Crippen LogP contribution in [0, 0.1) is 5.92 Å². The van der Waals surface area contributed by atoms with Crippen LogP contribution in [-0.2, 0) is 9.47 Å². The Morgan fingerprint density at radius 3 is 2.95 bits per heavy atom. The highest BCUT2D eigenvalue weighted by Crippen LogP contribution is 2.41. The van der Waals surface area contributed by atoms with Crippen LogP contribution >= 0.6 is 11.6 Å². The van der Waals surface area contributed by atoms with Crippen molar-refractivity contribution in [3.8, 4) is 0 Å². The zero-order valence-electron chi connectivity index (χ0n) is 11.2. The van der Waals surface area contributed by atoms with Crippen molar-refractivity contribution < 1.29 is 13.9 Å². The lowest BCUT2D eigenvalue weighted by atomic mass is 9.80. The molecule has 19 heavy (non-hydrogen) atoms. The van der Waals surface area contributed by atoms with Crippen LogP contribution in [0.1, 0.15) is 31.1 Å². The van der Waals surface area contributed by atoms with Crippen LogP contribution in [0.3, 0.4) is 0 Å². The van der Waals surface area contributed by atoms with Gasteiger partial charge in [0.1, 0.15) is 5.76 Å². The van der Waals surface area contributed by atoms with Gasteiger partial charge < -0.3 is 19.2 Å². The molecule has 5 heteroatoms. The fraction of sp³-hybridized carbons (Fsp3) is 0.714. The number of rotatable bonds is 3. The van der Waals surface area contributed by atoms with Crippen molar-refractivity contribution in [1.82, 2.24) is 5.32 Å². The van der Waals surface area contributed by atoms with Gasteiger partial charge in [-0.05, 0) is 49.5 Å². The maximum atomic E-state index is 5.98. The van der Waals surface area contributed by atoms with E-state index in [1.807, 2.05) is 13.1 Å². The SMILES string of the molecule is CNC(c1ccc(Cl)o1)C1CCOC2(CCOC2)C1. The predicted molar refractivity (Wildman–Crippen MR) is 72.4 cm³/mol. The number of hydrogen-bond acceptors (Lipinski definition) is 4. The summed E-state index contributed by atoms with van der Waals surface area (Å²) in [6.45, 7) is 2.32. The largest absolute Gasteiger partial charge is 0.448 e. The molecule has 2 fully saturated rings. The van der Waals surface area contributed by atoms with Crippen LogP contribution in [0.4, 0.5) is 0 Å². The van der Waals surface area contributed by atoms with E-state index in [-0.39, 0.29) is 11.6 Å². The molecule has 0 bridgehead atoms.